The zero-order valence-electron chi connectivity index (χ0n) is 8.45. The molecule has 0 saturated carbocycles. The van der Waals surface area contributed by atoms with Gasteiger partial charge in [0.25, 0.3) is 0 Å². The van der Waals surface area contributed by atoms with Crippen molar-refractivity contribution in [2.45, 2.75) is 0 Å². The van der Waals surface area contributed by atoms with Crippen molar-refractivity contribution in [2.75, 3.05) is 5.73 Å². The first-order valence-electron chi connectivity index (χ1n) is 4.60. The number of pyridine rings is 1. The van der Waals surface area contributed by atoms with Gasteiger partial charge < -0.3 is 10.5 Å². The van der Waals surface area contributed by atoms with Crippen molar-refractivity contribution in [3.63, 3.8) is 0 Å². The van der Waals surface area contributed by atoms with E-state index in [-0.39, 0.29) is 21.8 Å². The van der Waals surface area contributed by atoms with Crippen LogP contribution in [0.15, 0.2) is 34.9 Å². The number of nitrogen functional groups attached to an aromatic ring is 1. The summed E-state index contributed by atoms with van der Waals surface area (Å²) in [4.78, 5) is 3.68. The number of hydrogen-bond acceptors (Lipinski definition) is 3. The molecule has 17 heavy (non-hydrogen) atoms. The van der Waals surface area contributed by atoms with E-state index in [1.54, 1.807) is 0 Å². The number of hydrogen-bond donors (Lipinski definition) is 1. The van der Waals surface area contributed by atoms with E-state index in [0.29, 0.717) is 0 Å². The summed E-state index contributed by atoms with van der Waals surface area (Å²) in [6, 6.07) is 5.03. The van der Waals surface area contributed by atoms with E-state index in [1.807, 2.05) is 0 Å². The number of nitrogens with two attached hydrogens (primary N) is 1. The van der Waals surface area contributed by atoms with Crippen molar-refractivity contribution in [1.29, 1.82) is 0 Å². The van der Waals surface area contributed by atoms with Gasteiger partial charge >= 0.3 is 0 Å². The van der Waals surface area contributed by atoms with Gasteiger partial charge in [0, 0.05) is 12.1 Å². The molecule has 1 heterocycles. The highest BCUT2D eigenvalue weighted by Gasteiger charge is 2.08. The van der Waals surface area contributed by atoms with E-state index in [0.717, 1.165) is 12.3 Å². The molecular weight excluding hydrogens is 294 g/mol. The molecule has 0 saturated heterocycles. The molecule has 0 fully saturated rings. The first kappa shape index (κ1) is 11.8. The van der Waals surface area contributed by atoms with Crippen LogP contribution in [0.2, 0.25) is 0 Å². The molecule has 0 radical (unpaired) electrons. The van der Waals surface area contributed by atoms with Gasteiger partial charge in [0.05, 0.1) is 16.4 Å². The standard InChI is InChI=1S/C11H7BrF2N2O/c12-7-3-9(15)10(4-8(7)14)17-11-2-1-6(13)5-16-11/h1-5H,15H2. The van der Waals surface area contributed by atoms with Crippen molar-refractivity contribution < 1.29 is 13.5 Å². The summed E-state index contributed by atoms with van der Waals surface area (Å²) in [5.41, 5.74) is 5.90. The molecule has 2 rings (SSSR count). The number of benzene rings is 1. The van der Waals surface area contributed by atoms with Crippen LogP contribution in [-0.2, 0) is 0 Å². The average Bonchev–Trinajstić information content (AvgIpc) is 2.29. The van der Waals surface area contributed by atoms with E-state index >= 15 is 0 Å². The Hall–Kier alpha value is -1.69. The van der Waals surface area contributed by atoms with Crippen LogP contribution >= 0.6 is 15.9 Å². The number of rotatable bonds is 2. The van der Waals surface area contributed by atoms with Gasteiger partial charge in [-0.15, -0.1) is 0 Å². The molecular formula is C11H7BrF2N2O. The molecule has 0 aliphatic carbocycles. The lowest BCUT2D eigenvalue weighted by molar-refractivity contribution is 0.456. The Morgan fingerprint density at radius 1 is 1.24 bits per heavy atom. The fourth-order valence-electron chi connectivity index (χ4n) is 1.17. The van der Waals surface area contributed by atoms with Gasteiger partial charge in [0.2, 0.25) is 5.88 Å². The number of halogens is 3. The van der Waals surface area contributed by atoms with Crippen molar-refractivity contribution >= 4 is 21.6 Å². The lowest BCUT2D eigenvalue weighted by atomic mass is 10.3. The first-order valence-corrected chi connectivity index (χ1v) is 5.39. The van der Waals surface area contributed by atoms with E-state index in [9.17, 15) is 8.78 Å². The minimum atomic E-state index is -0.503. The van der Waals surface area contributed by atoms with Crippen molar-refractivity contribution in [3.8, 4) is 11.6 Å². The van der Waals surface area contributed by atoms with E-state index in [2.05, 4.69) is 20.9 Å². The van der Waals surface area contributed by atoms with Crippen molar-refractivity contribution in [3.05, 3.63) is 46.6 Å². The fourth-order valence-corrected chi connectivity index (χ4v) is 1.53. The molecule has 2 N–H and O–H groups in total. The Morgan fingerprint density at radius 3 is 2.65 bits per heavy atom. The van der Waals surface area contributed by atoms with Gasteiger partial charge in [-0.3, -0.25) is 0 Å². The van der Waals surface area contributed by atoms with Gasteiger partial charge in [0.1, 0.15) is 11.6 Å². The normalized spacial score (nSPS) is 10.3. The Balaban J connectivity index is 2.30. The molecule has 3 nitrogen and oxygen atoms in total. The number of aromatic nitrogens is 1. The Labute approximate surface area is 104 Å². The monoisotopic (exact) mass is 300 g/mol. The molecule has 2 aromatic rings. The van der Waals surface area contributed by atoms with Crippen LogP contribution in [0.1, 0.15) is 0 Å². The smallest absolute Gasteiger partial charge is 0.219 e. The molecule has 88 valence electrons. The van der Waals surface area contributed by atoms with Gasteiger partial charge in [-0.25, -0.2) is 13.8 Å². The van der Waals surface area contributed by atoms with Gasteiger partial charge in [-0.1, -0.05) is 0 Å². The summed E-state index contributed by atoms with van der Waals surface area (Å²) < 4.78 is 31.4. The topological polar surface area (TPSA) is 48.1 Å². The molecule has 1 aromatic carbocycles. The lowest BCUT2D eigenvalue weighted by Crippen LogP contribution is -1.95. The maximum atomic E-state index is 13.3. The molecule has 0 aliphatic rings. The predicted molar refractivity (Wildman–Crippen MR) is 62.8 cm³/mol. The highest BCUT2D eigenvalue weighted by atomic mass is 79.9. The molecule has 6 heteroatoms. The van der Waals surface area contributed by atoms with E-state index in [4.69, 9.17) is 10.5 Å². The second kappa shape index (κ2) is 4.67. The maximum absolute atomic E-state index is 13.3. The van der Waals surface area contributed by atoms with Crippen LogP contribution in [0.5, 0.6) is 11.6 Å². The third-order valence-corrected chi connectivity index (χ3v) is 2.58. The molecule has 1 aromatic heterocycles. The Morgan fingerprint density at radius 2 is 2.00 bits per heavy atom. The third-order valence-electron chi connectivity index (χ3n) is 1.97. The van der Waals surface area contributed by atoms with Crippen molar-refractivity contribution in [1.82, 2.24) is 4.98 Å². The minimum absolute atomic E-state index is 0.129. The number of ether oxygens (including phenoxy) is 1. The quantitative estimate of drug-likeness (QED) is 0.864. The number of anilines is 1. The summed E-state index contributed by atoms with van der Waals surface area (Å²) in [6.07, 6.45) is 1.00. The largest absolute Gasteiger partial charge is 0.437 e. The summed E-state index contributed by atoms with van der Waals surface area (Å²) >= 11 is 3.00. The maximum Gasteiger partial charge on any atom is 0.219 e. The average molecular weight is 301 g/mol. The van der Waals surface area contributed by atoms with Crippen LogP contribution in [0, 0.1) is 11.6 Å². The summed E-state index contributed by atoms with van der Waals surface area (Å²) in [5, 5.41) is 0. The van der Waals surface area contributed by atoms with E-state index < -0.39 is 11.6 Å². The molecule has 0 aliphatic heterocycles. The number of nitrogens with zero attached hydrogens (tertiary/aromatic N) is 1. The van der Waals surface area contributed by atoms with E-state index in [1.165, 1.54) is 18.2 Å². The summed E-state index contributed by atoms with van der Waals surface area (Å²) in [5.74, 6) is -0.715. The zero-order chi connectivity index (χ0) is 12.4. The third kappa shape index (κ3) is 2.71. The predicted octanol–water partition coefficient (Wildman–Crippen LogP) is 3.50. The molecule has 0 bridgehead atoms. The Bertz CT molecular complexity index is 546. The van der Waals surface area contributed by atoms with Gasteiger partial charge in [-0.05, 0) is 28.1 Å². The summed E-state index contributed by atoms with van der Waals surface area (Å²) in [6.45, 7) is 0. The van der Waals surface area contributed by atoms with Crippen LogP contribution in [-0.4, -0.2) is 4.98 Å². The van der Waals surface area contributed by atoms with Crippen LogP contribution in [0.4, 0.5) is 14.5 Å². The second-order valence-electron chi connectivity index (χ2n) is 3.22. The molecule has 0 spiro atoms. The second-order valence-corrected chi connectivity index (χ2v) is 4.08. The Kier molecular flexibility index (Phi) is 3.23. The SMILES string of the molecule is Nc1cc(Br)c(F)cc1Oc1ccc(F)cn1. The zero-order valence-corrected chi connectivity index (χ0v) is 10.0. The first-order chi connectivity index (χ1) is 8.06. The van der Waals surface area contributed by atoms with Gasteiger partial charge in [-0.2, -0.15) is 0 Å². The lowest BCUT2D eigenvalue weighted by Gasteiger charge is -2.08. The highest BCUT2D eigenvalue weighted by Crippen LogP contribution is 2.31. The van der Waals surface area contributed by atoms with Crippen LogP contribution in [0.3, 0.4) is 0 Å². The summed E-state index contributed by atoms with van der Waals surface area (Å²) in [7, 11) is 0. The van der Waals surface area contributed by atoms with Crippen LogP contribution in [0.25, 0.3) is 0 Å². The molecule has 0 amide bonds. The van der Waals surface area contributed by atoms with Gasteiger partial charge in [0.15, 0.2) is 5.75 Å². The molecule has 0 unspecified atom stereocenters. The minimum Gasteiger partial charge on any atom is -0.437 e. The highest BCUT2D eigenvalue weighted by molar-refractivity contribution is 9.10. The fraction of sp³-hybridized carbons (Fsp3) is 0. The van der Waals surface area contributed by atoms with Crippen molar-refractivity contribution in [2.24, 2.45) is 0 Å². The molecule has 0 atom stereocenters. The van der Waals surface area contributed by atoms with Crippen LogP contribution < -0.4 is 10.5 Å².